The number of pyridine rings is 1. The first-order valence-corrected chi connectivity index (χ1v) is 7.66. The molecule has 2 aromatic rings. The third kappa shape index (κ3) is 2.83. The molecular formula is C16H22N4O. The van der Waals surface area contributed by atoms with Gasteiger partial charge >= 0.3 is 0 Å². The summed E-state index contributed by atoms with van der Waals surface area (Å²) in [6.45, 7) is 9.55. The second-order valence-electron chi connectivity index (χ2n) is 5.51. The molecule has 0 atom stereocenters. The number of fused-ring (bicyclic) bond motifs is 1. The minimum Gasteiger partial charge on any atom is -0.380 e. The Kier molecular flexibility index (Phi) is 4.01. The first-order chi connectivity index (χ1) is 10.2. The Morgan fingerprint density at radius 2 is 2.00 bits per heavy atom. The van der Waals surface area contributed by atoms with Crippen LogP contribution in [0.1, 0.15) is 30.6 Å². The lowest BCUT2D eigenvalue weighted by molar-refractivity contribution is 0.152. The van der Waals surface area contributed by atoms with Crippen molar-refractivity contribution in [3.8, 4) is 0 Å². The maximum atomic E-state index is 5.56. The Bertz CT molecular complexity index is 643. The molecule has 0 unspecified atom stereocenters. The normalized spacial score (nSPS) is 16.2. The van der Waals surface area contributed by atoms with Gasteiger partial charge < -0.3 is 9.64 Å². The quantitative estimate of drug-likeness (QED) is 0.848. The second kappa shape index (κ2) is 5.93. The molecule has 5 nitrogen and oxygen atoms in total. The van der Waals surface area contributed by atoms with Crippen molar-refractivity contribution in [3.05, 3.63) is 23.3 Å². The van der Waals surface area contributed by atoms with Crippen LogP contribution in [0.15, 0.2) is 6.07 Å². The molecule has 0 saturated carbocycles. The van der Waals surface area contributed by atoms with Gasteiger partial charge in [-0.05, 0) is 32.8 Å². The highest BCUT2D eigenvalue weighted by atomic mass is 16.5. The van der Waals surface area contributed by atoms with Gasteiger partial charge in [-0.3, -0.25) is 4.98 Å². The van der Waals surface area contributed by atoms with E-state index in [1.165, 1.54) is 0 Å². The summed E-state index contributed by atoms with van der Waals surface area (Å²) in [6, 6.07) is 2.06. The lowest BCUT2D eigenvalue weighted by Gasteiger charge is -2.23. The van der Waals surface area contributed by atoms with Crippen LogP contribution in [-0.2, 0) is 11.2 Å². The van der Waals surface area contributed by atoms with Gasteiger partial charge in [0.25, 0.3) is 0 Å². The van der Waals surface area contributed by atoms with E-state index in [1.54, 1.807) is 0 Å². The molecule has 1 aliphatic rings. The van der Waals surface area contributed by atoms with E-state index >= 15 is 0 Å². The molecule has 0 spiro atoms. The fraction of sp³-hybridized carbons (Fsp3) is 0.562. The maximum Gasteiger partial charge on any atom is 0.142 e. The van der Waals surface area contributed by atoms with Crippen LogP contribution in [0.4, 0.5) is 5.82 Å². The highest BCUT2D eigenvalue weighted by Crippen LogP contribution is 2.28. The first-order valence-electron chi connectivity index (χ1n) is 7.66. The summed E-state index contributed by atoms with van der Waals surface area (Å²) in [5.41, 5.74) is 3.11. The van der Waals surface area contributed by atoms with Gasteiger partial charge in [0.2, 0.25) is 0 Å². The molecule has 1 aliphatic heterocycles. The summed E-state index contributed by atoms with van der Waals surface area (Å²) >= 11 is 0. The molecule has 0 aromatic carbocycles. The standard InChI is InChI=1S/C16H22N4O/c1-4-13-15-14(10-11(2)17-13)18-12(3)19-16(15)20-6-5-8-21-9-7-20/h10H,4-9H2,1-3H3. The summed E-state index contributed by atoms with van der Waals surface area (Å²) in [6.07, 6.45) is 1.92. The predicted molar refractivity (Wildman–Crippen MR) is 83.8 cm³/mol. The Morgan fingerprint density at radius 3 is 2.81 bits per heavy atom. The summed E-state index contributed by atoms with van der Waals surface area (Å²) in [4.78, 5) is 16.3. The molecule has 0 N–H and O–H groups in total. The summed E-state index contributed by atoms with van der Waals surface area (Å²) in [5, 5.41) is 1.11. The summed E-state index contributed by atoms with van der Waals surface area (Å²) in [5.74, 6) is 1.84. The van der Waals surface area contributed by atoms with Crippen molar-refractivity contribution < 1.29 is 4.74 Å². The number of aryl methyl sites for hydroxylation is 3. The minimum atomic E-state index is 0.755. The molecule has 3 heterocycles. The Balaban J connectivity index is 2.20. The molecule has 21 heavy (non-hydrogen) atoms. The van der Waals surface area contributed by atoms with Crippen molar-refractivity contribution >= 4 is 16.7 Å². The van der Waals surface area contributed by atoms with Crippen molar-refractivity contribution in [2.75, 3.05) is 31.2 Å². The van der Waals surface area contributed by atoms with Gasteiger partial charge in [0, 0.05) is 25.4 Å². The van der Waals surface area contributed by atoms with Crippen molar-refractivity contribution in [2.24, 2.45) is 0 Å². The first kappa shape index (κ1) is 14.2. The van der Waals surface area contributed by atoms with E-state index in [0.717, 1.165) is 73.1 Å². The number of ether oxygens (including phenoxy) is 1. The molecule has 1 saturated heterocycles. The third-order valence-corrected chi connectivity index (χ3v) is 3.83. The van der Waals surface area contributed by atoms with E-state index in [2.05, 4.69) is 22.9 Å². The Morgan fingerprint density at radius 1 is 1.14 bits per heavy atom. The fourth-order valence-electron chi connectivity index (χ4n) is 2.90. The number of rotatable bonds is 2. The van der Waals surface area contributed by atoms with Gasteiger partial charge in [-0.15, -0.1) is 0 Å². The Hall–Kier alpha value is -1.75. The van der Waals surface area contributed by atoms with Gasteiger partial charge in [-0.25, -0.2) is 9.97 Å². The lowest BCUT2D eigenvalue weighted by Crippen LogP contribution is -2.27. The van der Waals surface area contributed by atoms with E-state index in [-0.39, 0.29) is 0 Å². The van der Waals surface area contributed by atoms with Gasteiger partial charge in [-0.1, -0.05) is 6.92 Å². The van der Waals surface area contributed by atoms with Crippen LogP contribution in [-0.4, -0.2) is 41.3 Å². The molecular weight excluding hydrogens is 264 g/mol. The number of hydrogen-bond acceptors (Lipinski definition) is 5. The van der Waals surface area contributed by atoms with Crippen LogP contribution in [0.5, 0.6) is 0 Å². The van der Waals surface area contributed by atoms with Crippen molar-refractivity contribution in [1.82, 2.24) is 15.0 Å². The number of hydrogen-bond donors (Lipinski definition) is 0. The van der Waals surface area contributed by atoms with Crippen LogP contribution in [0, 0.1) is 13.8 Å². The van der Waals surface area contributed by atoms with Crippen LogP contribution in [0.2, 0.25) is 0 Å². The number of anilines is 1. The van der Waals surface area contributed by atoms with Gasteiger partial charge in [-0.2, -0.15) is 0 Å². The van der Waals surface area contributed by atoms with Crippen molar-refractivity contribution in [3.63, 3.8) is 0 Å². The van der Waals surface area contributed by atoms with Crippen molar-refractivity contribution in [2.45, 2.75) is 33.6 Å². The molecule has 0 bridgehead atoms. The number of aromatic nitrogens is 3. The monoisotopic (exact) mass is 286 g/mol. The van der Waals surface area contributed by atoms with Crippen LogP contribution < -0.4 is 4.90 Å². The van der Waals surface area contributed by atoms with E-state index in [0.29, 0.717) is 0 Å². The zero-order valence-electron chi connectivity index (χ0n) is 13.0. The fourth-order valence-corrected chi connectivity index (χ4v) is 2.90. The van der Waals surface area contributed by atoms with Gasteiger partial charge in [0.05, 0.1) is 23.2 Å². The third-order valence-electron chi connectivity index (χ3n) is 3.83. The van der Waals surface area contributed by atoms with Crippen LogP contribution in [0.25, 0.3) is 10.9 Å². The average Bonchev–Trinajstić information content (AvgIpc) is 2.74. The minimum absolute atomic E-state index is 0.755. The highest BCUT2D eigenvalue weighted by molar-refractivity contribution is 5.92. The van der Waals surface area contributed by atoms with Gasteiger partial charge in [0.15, 0.2) is 0 Å². The SMILES string of the molecule is CCc1nc(C)cc2nc(C)nc(N3CCCOCC3)c12. The summed E-state index contributed by atoms with van der Waals surface area (Å²) in [7, 11) is 0. The lowest BCUT2D eigenvalue weighted by atomic mass is 10.1. The second-order valence-corrected chi connectivity index (χ2v) is 5.51. The molecule has 5 heteroatoms. The van der Waals surface area contributed by atoms with E-state index in [9.17, 15) is 0 Å². The molecule has 3 rings (SSSR count). The molecule has 0 radical (unpaired) electrons. The van der Waals surface area contributed by atoms with Crippen molar-refractivity contribution in [1.29, 1.82) is 0 Å². The highest BCUT2D eigenvalue weighted by Gasteiger charge is 2.18. The molecule has 1 fully saturated rings. The summed E-state index contributed by atoms with van der Waals surface area (Å²) < 4.78 is 5.56. The maximum absolute atomic E-state index is 5.56. The van der Waals surface area contributed by atoms with E-state index < -0.39 is 0 Å². The Labute approximate surface area is 125 Å². The van der Waals surface area contributed by atoms with Crippen LogP contribution >= 0.6 is 0 Å². The van der Waals surface area contributed by atoms with Gasteiger partial charge in [0.1, 0.15) is 11.6 Å². The molecule has 0 amide bonds. The predicted octanol–water partition coefficient (Wildman–Crippen LogP) is 2.43. The largest absolute Gasteiger partial charge is 0.380 e. The smallest absolute Gasteiger partial charge is 0.142 e. The molecule has 112 valence electrons. The molecule has 2 aromatic heterocycles. The topological polar surface area (TPSA) is 51.1 Å². The zero-order chi connectivity index (χ0) is 14.8. The molecule has 0 aliphatic carbocycles. The van der Waals surface area contributed by atoms with E-state index in [4.69, 9.17) is 14.7 Å². The number of nitrogens with zero attached hydrogens (tertiary/aromatic N) is 4. The average molecular weight is 286 g/mol. The zero-order valence-corrected chi connectivity index (χ0v) is 13.0. The van der Waals surface area contributed by atoms with E-state index in [1.807, 2.05) is 13.8 Å². The van der Waals surface area contributed by atoms with Crippen LogP contribution in [0.3, 0.4) is 0 Å².